The minimum atomic E-state index is -3.43. The molecule has 0 saturated carbocycles. The maximum absolute atomic E-state index is 12.8. The Morgan fingerprint density at radius 1 is 1.03 bits per heavy atom. The van der Waals surface area contributed by atoms with Crippen LogP contribution in [0.3, 0.4) is 0 Å². The molecule has 0 spiro atoms. The van der Waals surface area contributed by atoms with Crippen molar-refractivity contribution >= 4 is 33.4 Å². The van der Waals surface area contributed by atoms with Gasteiger partial charge in [-0.25, -0.2) is 13.2 Å². The first-order valence-electron chi connectivity index (χ1n) is 11.7. The maximum atomic E-state index is 12.8. The van der Waals surface area contributed by atoms with Gasteiger partial charge in [0.05, 0.1) is 17.6 Å². The Balaban J connectivity index is 1.60. The summed E-state index contributed by atoms with van der Waals surface area (Å²) in [5.41, 5.74) is 7.51. The highest BCUT2D eigenvalue weighted by atomic mass is 32.2. The normalized spacial score (nSPS) is 14.2. The molecule has 190 valence electrons. The number of benzene rings is 2. The van der Waals surface area contributed by atoms with Crippen molar-refractivity contribution < 1.29 is 22.7 Å². The molecule has 0 aromatic heterocycles. The molecule has 0 unspecified atom stereocenters. The third kappa shape index (κ3) is 7.35. The number of primary amides is 1. The van der Waals surface area contributed by atoms with Gasteiger partial charge in [0, 0.05) is 39.1 Å². The molecule has 1 aliphatic rings. The van der Waals surface area contributed by atoms with Crippen LogP contribution in [-0.2, 0) is 21.2 Å². The number of aryl methyl sites for hydroxylation is 1. The van der Waals surface area contributed by atoms with Crippen LogP contribution in [0, 0.1) is 5.92 Å². The highest BCUT2D eigenvalue weighted by Gasteiger charge is 2.26. The van der Waals surface area contributed by atoms with Crippen LogP contribution in [0.15, 0.2) is 48.5 Å². The summed E-state index contributed by atoms with van der Waals surface area (Å²) in [4.78, 5) is 27.6. The van der Waals surface area contributed by atoms with Gasteiger partial charge in [0.25, 0.3) is 0 Å². The summed E-state index contributed by atoms with van der Waals surface area (Å²) in [6.45, 7) is 6.79. The molecule has 1 saturated heterocycles. The lowest BCUT2D eigenvalue weighted by molar-refractivity contribution is -0.131. The molecule has 0 atom stereocenters. The molecular weight excluding hydrogens is 468 g/mol. The maximum Gasteiger partial charge on any atom is 0.409 e. The van der Waals surface area contributed by atoms with Crippen LogP contribution in [0.1, 0.15) is 25.8 Å². The number of hydrogen-bond donors (Lipinski definition) is 1. The second-order valence-corrected chi connectivity index (χ2v) is 11.0. The Morgan fingerprint density at radius 2 is 1.66 bits per heavy atom. The largest absolute Gasteiger partial charge is 0.411 e. The zero-order valence-corrected chi connectivity index (χ0v) is 21.3. The monoisotopic (exact) mass is 502 g/mol. The van der Waals surface area contributed by atoms with Crippen molar-refractivity contribution in [2.24, 2.45) is 11.7 Å². The van der Waals surface area contributed by atoms with Crippen molar-refractivity contribution in [2.75, 3.05) is 48.2 Å². The predicted molar refractivity (Wildman–Crippen MR) is 137 cm³/mol. The summed E-state index contributed by atoms with van der Waals surface area (Å²) in [6, 6.07) is 14.5. The fraction of sp³-hybridized carbons (Fsp3) is 0.440. The van der Waals surface area contributed by atoms with Gasteiger partial charge in [-0.05, 0) is 42.2 Å². The van der Waals surface area contributed by atoms with Crippen LogP contribution in [0.4, 0.5) is 16.2 Å². The average molecular weight is 503 g/mol. The van der Waals surface area contributed by atoms with Gasteiger partial charge < -0.3 is 20.3 Å². The fourth-order valence-corrected chi connectivity index (χ4v) is 5.21. The topological polar surface area (TPSA) is 113 Å². The Kier molecular flexibility index (Phi) is 8.61. The minimum Gasteiger partial charge on any atom is -0.411 e. The predicted octanol–water partition coefficient (Wildman–Crippen LogP) is 2.85. The number of anilines is 2. The van der Waals surface area contributed by atoms with E-state index >= 15 is 0 Å². The second-order valence-electron chi connectivity index (χ2n) is 9.11. The van der Waals surface area contributed by atoms with Crippen molar-refractivity contribution in [1.29, 1.82) is 0 Å². The number of nitrogens with two attached hydrogens (primary N) is 1. The number of para-hydroxylation sites is 2. The SMILES string of the molecule is CC(C)CN(c1ccccc1N1CCN(C(=O)CCc2ccc(OC(N)=O)cc2)CC1)S(C)(=O)=O. The standard InChI is InChI=1S/C25H34N4O5S/c1-19(2)18-29(35(3,32)33)23-7-5-4-6-22(23)27-14-16-28(17-15-27)24(30)13-10-20-8-11-21(12-9-20)34-25(26)31/h4-9,11-12,19H,10,13-18H2,1-3H3,(H2,26,31). The molecule has 2 aromatic carbocycles. The van der Waals surface area contributed by atoms with Gasteiger partial charge in [-0.1, -0.05) is 38.1 Å². The molecule has 3 rings (SSSR count). The first-order valence-corrected chi connectivity index (χ1v) is 13.5. The summed E-state index contributed by atoms with van der Waals surface area (Å²) >= 11 is 0. The highest BCUT2D eigenvalue weighted by molar-refractivity contribution is 7.92. The third-order valence-corrected chi connectivity index (χ3v) is 6.97. The summed E-state index contributed by atoms with van der Waals surface area (Å²) in [7, 11) is -3.43. The number of piperazine rings is 1. The first kappa shape index (κ1) is 26.3. The molecule has 2 aromatic rings. The molecule has 9 nitrogen and oxygen atoms in total. The van der Waals surface area contributed by atoms with Gasteiger partial charge in [0.1, 0.15) is 5.75 Å². The van der Waals surface area contributed by atoms with E-state index in [0.29, 0.717) is 57.0 Å². The van der Waals surface area contributed by atoms with Crippen LogP contribution in [0.2, 0.25) is 0 Å². The smallest absolute Gasteiger partial charge is 0.409 e. The third-order valence-electron chi connectivity index (χ3n) is 5.82. The molecule has 1 aliphatic heterocycles. The average Bonchev–Trinajstić information content (AvgIpc) is 2.81. The van der Waals surface area contributed by atoms with Crippen LogP contribution >= 0.6 is 0 Å². The highest BCUT2D eigenvalue weighted by Crippen LogP contribution is 2.32. The summed E-state index contributed by atoms with van der Waals surface area (Å²) in [5, 5.41) is 0. The Labute approximate surface area is 207 Å². The zero-order valence-electron chi connectivity index (χ0n) is 20.5. The number of hydrogen-bond acceptors (Lipinski definition) is 6. The van der Waals surface area contributed by atoms with Gasteiger partial charge >= 0.3 is 6.09 Å². The Morgan fingerprint density at radius 3 is 2.23 bits per heavy atom. The number of sulfonamides is 1. The lowest BCUT2D eigenvalue weighted by Gasteiger charge is -2.38. The minimum absolute atomic E-state index is 0.0768. The molecule has 0 aliphatic carbocycles. The van der Waals surface area contributed by atoms with E-state index in [9.17, 15) is 18.0 Å². The van der Waals surface area contributed by atoms with Gasteiger partial charge in [-0.15, -0.1) is 0 Å². The van der Waals surface area contributed by atoms with Crippen molar-refractivity contribution in [2.45, 2.75) is 26.7 Å². The lowest BCUT2D eigenvalue weighted by atomic mass is 10.1. The van der Waals surface area contributed by atoms with Crippen LogP contribution in [0.25, 0.3) is 0 Å². The van der Waals surface area contributed by atoms with Gasteiger partial charge in [0.15, 0.2) is 0 Å². The van der Waals surface area contributed by atoms with E-state index in [1.165, 1.54) is 10.6 Å². The van der Waals surface area contributed by atoms with E-state index in [0.717, 1.165) is 11.3 Å². The van der Waals surface area contributed by atoms with Gasteiger partial charge in [-0.3, -0.25) is 9.10 Å². The quantitative estimate of drug-likeness (QED) is 0.564. The number of carbonyl (C=O) groups excluding carboxylic acids is 2. The number of ether oxygens (including phenoxy) is 1. The summed E-state index contributed by atoms with van der Waals surface area (Å²) < 4.78 is 31.3. The van der Waals surface area contributed by atoms with E-state index in [4.69, 9.17) is 10.5 Å². The number of nitrogens with zero attached hydrogens (tertiary/aromatic N) is 3. The molecule has 35 heavy (non-hydrogen) atoms. The summed E-state index contributed by atoms with van der Waals surface area (Å²) in [6.07, 6.45) is 1.33. The molecular formula is C25H34N4O5S. The fourth-order valence-electron chi connectivity index (χ4n) is 4.13. The molecule has 0 bridgehead atoms. The lowest BCUT2D eigenvalue weighted by Crippen LogP contribution is -2.49. The van der Waals surface area contributed by atoms with Crippen LogP contribution in [-0.4, -0.2) is 64.3 Å². The van der Waals surface area contributed by atoms with E-state index in [-0.39, 0.29) is 11.8 Å². The Hall–Kier alpha value is -3.27. The second kappa shape index (κ2) is 11.4. The van der Waals surface area contributed by atoms with Crippen molar-refractivity contribution in [3.8, 4) is 5.75 Å². The van der Waals surface area contributed by atoms with Crippen molar-refractivity contribution in [1.82, 2.24) is 4.90 Å². The number of carbonyl (C=O) groups is 2. The van der Waals surface area contributed by atoms with Crippen molar-refractivity contribution in [3.05, 3.63) is 54.1 Å². The Bertz CT molecular complexity index is 1130. The van der Waals surface area contributed by atoms with Crippen LogP contribution in [0.5, 0.6) is 5.75 Å². The van der Waals surface area contributed by atoms with E-state index < -0.39 is 16.1 Å². The van der Waals surface area contributed by atoms with E-state index in [1.807, 2.05) is 55.1 Å². The van der Waals surface area contributed by atoms with E-state index in [1.54, 1.807) is 12.1 Å². The first-order chi connectivity index (χ1) is 16.5. The number of amides is 2. The van der Waals surface area contributed by atoms with Gasteiger partial charge in [0.2, 0.25) is 15.9 Å². The van der Waals surface area contributed by atoms with Gasteiger partial charge in [-0.2, -0.15) is 0 Å². The zero-order chi connectivity index (χ0) is 25.6. The molecule has 1 fully saturated rings. The summed E-state index contributed by atoms with van der Waals surface area (Å²) in [5.74, 6) is 0.624. The van der Waals surface area contributed by atoms with Crippen molar-refractivity contribution in [3.63, 3.8) is 0 Å². The molecule has 0 radical (unpaired) electrons. The van der Waals surface area contributed by atoms with E-state index in [2.05, 4.69) is 4.90 Å². The molecule has 2 amide bonds. The molecule has 2 N–H and O–H groups in total. The molecule has 1 heterocycles. The van der Waals surface area contributed by atoms with Crippen LogP contribution < -0.4 is 19.7 Å². The molecule has 10 heteroatoms. The number of rotatable bonds is 9.